The molecule has 0 saturated carbocycles. The maximum absolute atomic E-state index is 12.2. The maximum atomic E-state index is 12.2. The van der Waals surface area contributed by atoms with Crippen LogP contribution in [-0.4, -0.2) is 29.7 Å². The van der Waals surface area contributed by atoms with Gasteiger partial charge in [0, 0.05) is 34.9 Å². The summed E-state index contributed by atoms with van der Waals surface area (Å²) in [5, 5.41) is 3.35. The number of piperidine rings is 1. The molecule has 1 N–H and O–H groups in total. The number of carbonyl (C=O) groups excluding carboxylic acids is 1. The Bertz CT molecular complexity index is 563. The van der Waals surface area contributed by atoms with Crippen LogP contribution in [0.3, 0.4) is 0 Å². The molecule has 1 fully saturated rings. The molecule has 1 atom stereocenters. The van der Waals surface area contributed by atoms with Crippen molar-refractivity contribution in [1.29, 1.82) is 0 Å². The summed E-state index contributed by atoms with van der Waals surface area (Å²) in [6.07, 6.45) is 1.76. The van der Waals surface area contributed by atoms with Crippen LogP contribution in [0.2, 0.25) is 0 Å². The lowest BCUT2D eigenvalue weighted by Crippen LogP contribution is -2.43. The van der Waals surface area contributed by atoms with E-state index in [2.05, 4.69) is 27.8 Å². The van der Waals surface area contributed by atoms with E-state index in [9.17, 15) is 4.79 Å². The van der Waals surface area contributed by atoms with Crippen molar-refractivity contribution in [2.75, 3.05) is 18.4 Å². The van der Waals surface area contributed by atoms with Crippen molar-refractivity contribution in [2.24, 2.45) is 5.92 Å². The van der Waals surface area contributed by atoms with Crippen LogP contribution in [0.25, 0.3) is 0 Å². The van der Waals surface area contributed by atoms with E-state index in [0.717, 1.165) is 35.2 Å². The van der Waals surface area contributed by atoms with Gasteiger partial charge in [-0.1, -0.05) is 22.5 Å². The van der Waals surface area contributed by atoms with Crippen LogP contribution < -0.4 is 5.32 Å². The summed E-state index contributed by atoms with van der Waals surface area (Å²) in [7, 11) is 0. The molecular formula is C18H25BrN2O2. The fourth-order valence-electron chi connectivity index (χ4n) is 2.57. The summed E-state index contributed by atoms with van der Waals surface area (Å²) >= 11 is 3.43. The van der Waals surface area contributed by atoms with Crippen molar-refractivity contribution in [1.82, 2.24) is 4.90 Å². The van der Waals surface area contributed by atoms with Crippen molar-refractivity contribution in [3.8, 4) is 0 Å². The van der Waals surface area contributed by atoms with Crippen LogP contribution in [0, 0.1) is 5.92 Å². The van der Waals surface area contributed by atoms with Gasteiger partial charge in [-0.15, -0.1) is 0 Å². The van der Waals surface area contributed by atoms with E-state index in [1.54, 1.807) is 4.90 Å². The molecule has 2 rings (SSSR count). The van der Waals surface area contributed by atoms with E-state index in [4.69, 9.17) is 4.74 Å². The standard InChI is InChI=1S/C18H25BrN2O2/c1-13(20-16-9-7-15(19)8-10-16)14-6-5-11-21(12-14)17(22)23-18(2,3)4/h7-10,14,20H,1,5-6,11-12H2,2-4H3. The highest BCUT2D eigenvalue weighted by Crippen LogP contribution is 2.26. The topological polar surface area (TPSA) is 41.6 Å². The van der Waals surface area contributed by atoms with E-state index >= 15 is 0 Å². The number of hydrogen-bond donors (Lipinski definition) is 1. The zero-order valence-electron chi connectivity index (χ0n) is 14.1. The van der Waals surface area contributed by atoms with Crippen molar-refractivity contribution >= 4 is 27.7 Å². The second-order valence-electron chi connectivity index (χ2n) is 6.92. The lowest BCUT2D eigenvalue weighted by molar-refractivity contribution is 0.0183. The molecule has 1 aromatic rings. The summed E-state index contributed by atoms with van der Waals surface area (Å²) < 4.78 is 6.51. The smallest absolute Gasteiger partial charge is 0.410 e. The first-order valence-corrected chi connectivity index (χ1v) is 8.73. The third-order valence-corrected chi connectivity index (χ3v) is 4.24. The van der Waals surface area contributed by atoms with Gasteiger partial charge in [-0.3, -0.25) is 0 Å². The molecule has 1 saturated heterocycles. The van der Waals surface area contributed by atoms with Gasteiger partial charge in [-0.2, -0.15) is 0 Å². The molecule has 126 valence electrons. The number of likely N-dealkylation sites (tertiary alicyclic amines) is 1. The number of halogens is 1. The predicted molar refractivity (Wildman–Crippen MR) is 97.4 cm³/mol. The number of benzene rings is 1. The van der Waals surface area contributed by atoms with Gasteiger partial charge in [0.25, 0.3) is 0 Å². The van der Waals surface area contributed by atoms with Crippen LogP contribution >= 0.6 is 15.9 Å². The molecule has 0 radical (unpaired) electrons. The van der Waals surface area contributed by atoms with Gasteiger partial charge in [-0.05, 0) is 57.9 Å². The Morgan fingerprint density at radius 3 is 2.61 bits per heavy atom. The molecule has 1 aromatic carbocycles. The maximum Gasteiger partial charge on any atom is 0.410 e. The van der Waals surface area contributed by atoms with Gasteiger partial charge in [0.15, 0.2) is 0 Å². The summed E-state index contributed by atoms with van der Waals surface area (Å²) in [4.78, 5) is 14.0. The van der Waals surface area contributed by atoms with Crippen molar-refractivity contribution < 1.29 is 9.53 Å². The van der Waals surface area contributed by atoms with Crippen molar-refractivity contribution in [3.63, 3.8) is 0 Å². The van der Waals surface area contributed by atoms with E-state index in [1.807, 2.05) is 45.0 Å². The molecule has 0 aromatic heterocycles. The van der Waals surface area contributed by atoms with Crippen LogP contribution in [-0.2, 0) is 4.74 Å². The third kappa shape index (κ3) is 5.57. The van der Waals surface area contributed by atoms with Gasteiger partial charge >= 0.3 is 6.09 Å². The molecule has 5 heteroatoms. The van der Waals surface area contributed by atoms with Crippen LogP contribution in [0.5, 0.6) is 0 Å². The minimum absolute atomic E-state index is 0.236. The number of rotatable bonds is 3. The molecule has 1 aliphatic rings. The average molecular weight is 381 g/mol. The van der Waals surface area contributed by atoms with Gasteiger partial charge in [-0.25, -0.2) is 4.79 Å². The lowest BCUT2D eigenvalue weighted by Gasteiger charge is -2.35. The molecule has 1 unspecified atom stereocenters. The molecule has 0 spiro atoms. The number of nitrogens with zero attached hydrogens (tertiary/aromatic N) is 1. The molecule has 23 heavy (non-hydrogen) atoms. The van der Waals surface area contributed by atoms with Gasteiger partial charge in [0.2, 0.25) is 0 Å². The van der Waals surface area contributed by atoms with Gasteiger partial charge < -0.3 is 15.0 Å². The first-order valence-electron chi connectivity index (χ1n) is 7.94. The highest BCUT2D eigenvalue weighted by Gasteiger charge is 2.28. The number of hydrogen-bond acceptors (Lipinski definition) is 3. The van der Waals surface area contributed by atoms with Crippen LogP contribution in [0.4, 0.5) is 10.5 Å². The molecule has 1 heterocycles. The molecule has 4 nitrogen and oxygen atoms in total. The van der Waals surface area contributed by atoms with Gasteiger partial charge in [0.1, 0.15) is 5.60 Å². The number of anilines is 1. The quantitative estimate of drug-likeness (QED) is 0.799. The summed E-state index contributed by atoms with van der Waals surface area (Å²) in [5.41, 5.74) is 1.49. The molecule has 1 aliphatic heterocycles. The Morgan fingerprint density at radius 1 is 1.35 bits per heavy atom. The average Bonchev–Trinajstić information content (AvgIpc) is 2.48. The monoisotopic (exact) mass is 380 g/mol. The van der Waals surface area contributed by atoms with E-state index in [1.165, 1.54) is 0 Å². The minimum atomic E-state index is -0.462. The fraction of sp³-hybridized carbons (Fsp3) is 0.500. The first-order chi connectivity index (χ1) is 10.7. The Morgan fingerprint density at radius 2 is 2.00 bits per heavy atom. The number of nitrogens with one attached hydrogen (secondary N) is 1. The highest BCUT2D eigenvalue weighted by atomic mass is 79.9. The third-order valence-electron chi connectivity index (χ3n) is 3.72. The first kappa shape index (κ1) is 17.9. The van der Waals surface area contributed by atoms with E-state index in [0.29, 0.717) is 6.54 Å². The zero-order chi connectivity index (χ0) is 17.0. The normalized spacial score (nSPS) is 18.4. The van der Waals surface area contributed by atoms with E-state index in [-0.39, 0.29) is 12.0 Å². The summed E-state index contributed by atoms with van der Waals surface area (Å²) in [6.45, 7) is 11.2. The SMILES string of the molecule is C=C(Nc1ccc(Br)cc1)C1CCCN(C(=O)OC(C)(C)C)C1. The fourth-order valence-corrected chi connectivity index (χ4v) is 2.84. The molecule has 1 amide bonds. The number of carbonyl (C=O) groups is 1. The Balaban J connectivity index is 1.93. The summed E-state index contributed by atoms with van der Waals surface area (Å²) in [6, 6.07) is 7.99. The number of ether oxygens (including phenoxy) is 1. The largest absolute Gasteiger partial charge is 0.444 e. The molecule has 0 bridgehead atoms. The van der Waals surface area contributed by atoms with Crippen molar-refractivity contribution in [3.05, 3.63) is 41.0 Å². The summed E-state index contributed by atoms with van der Waals surface area (Å²) in [5.74, 6) is 0.236. The van der Waals surface area contributed by atoms with Gasteiger partial charge in [0.05, 0.1) is 0 Å². The van der Waals surface area contributed by atoms with Crippen LogP contribution in [0.15, 0.2) is 41.0 Å². The van der Waals surface area contributed by atoms with Crippen molar-refractivity contribution in [2.45, 2.75) is 39.2 Å². The van der Waals surface area contributed by atoms with Crippen LogP contribution in [0.1, 0.15) is 33.6 Å². The second kappa shape index (κ2) is 7.39. The second-order valence-corrected chi connectivity index (χ2v) is 7.84. The predicted octanol–water partition coefficient (Wildman–Crippen LogP) is 5.02. The Hall–Kier alpha value is -1.49. The Labute approximate surface area is 147 Å². The molecular weight excluding hydrogens is 356 g/mol. The highest BCUT2D eigenvalue weighted by molar-refractivity contribution is 9.10. The lowest BCUT2D eigenvalue weighted by atomic mass is 9.95. The zero-order valence-corrected chi connectivity index (χ0v) is 15.6. The molecule has 0 aliphatic carbocycles. The Kier molecular flexibility index (Phi) is 5.74. The van der Waals surface area contributed by atoms with E-state index < -0.39 is 5.60 Å². The number of amides is 1. The minimum Gasteiger partial charge on any atom is -0.444 e.